The van der Waals surface area contributed by atoms with Crippen molar-refractivity contribution in [2.75, 3.05) is 0 Å². The van der Waals surface area contributed by atoms with Crippen molar-refractivity contribution in [3.8, 4) is 0 Å². The van der Waals surface area contributed by atoms with Gasteiger partial charge < -0.3 is 9.97 Å². The number of aromatic nitrogens is 2. The first-order valence-corrected chi connectivity index (χ1v) is 3.02. The molecule has 0 atom stereocenters. The van der Waals surface area contributed by atoms with E-state index in [2.05, 4.69) is 22.2 Å². The van der Waals surface area contributed by atoms with Crippen LogP contribution in [-0.2, 0) is 21.1 Å². The Morgan fingerprint density at radius 2 is 2.00 bits per heavy atom. The predicted molar refractivity (Wildman–Crippen MR) is 36.8 cm³/mol. The summed E-state index contributed by atoms with van der Waals surface area (Å²) in [4.78, 5) is 14.8. The zero-order valence-electron chi connectivity index (χ0n) is 5.56. The van der Waals surface area contributed by atoms with Crippen LogP contribution in [0.3, 0.4) is 0 Å². The fraction of sp³-hybridized carbons (Fsp3) is 0. The Morgan fingerprint density at radius 1 is 1.42 bits per heavy atom. The fourth-order valence-electron chi connectivity index (χ4n) is 0.571. The predicted octanol–water partition coefficient (Wildman–Crippen LogP) is 1.21. The van der Waals surface area contributed by atoms with Crippen LogP contribution in [0.5, 0.6) is 0 Å². The van der Waals surface area contributed by atoms with E-state index in [0.29, 0.717) is 0 Å². The Morgan fingerprint density at radius 3 is 2.42 bits per heavy atom. The Kier molecular flexibility index (Phi) is 4.34. The summed E-state index contributed by atoms with van der Waals surface area (Å²) in [7, 11) is 0. The van der Waals surface area contributed by atoms with Gasteiger partial charge in [0.1, 0.15) is 6.43 Å². The van der Waals surface area contributed by atoms with Gasteiger partial charge in [-0.3, -0.25) is 13.6 Å². The molecule has 1 heterocycles. The van der Waals surface area contributed by atoms with Gasteiger partial charge in [-0.05, 0) is 12.2 Å². The van der Waals surface area contributed by atoms with Crippen LogP contribution >= 0.6 is 12.2 Å². The molecule has 0 amide bonds. The van der Waals surface area contributed by atoms with Crippen LogP contribution in [0.1, 0.15) is 5.69 Å². The SMILES string of the molecule is O=c1cc([C-](F)F)[nH]c(=S)[nH]1.[W]. The largest absolute Gasteiger partial charge is 0.362 e. The van der Waals surface area contributed by atoms with E-state index < -0.39 is 17.7 Å². The van der Waals surface area contributed by atoms with Gasteiger partial charge in [-0.1, -0.05) is 5.69 Å². The van der Waals surface area contributed by atoms with Gasteiger partial charge in [0.15, 0.2) is 10.3 Å². The van der Waals surface area contributed by atoms with Crippen molar-refractivity contribution < 1.29 is 29.8 Å². The average Bonchev–Trinajstić information content (AvgIpc) is 1.85. The van der Waals surface area contributed by atoms with Crippen molar-refractivity contribution in [1.82, 2.24) is 9.97 Å². The van der Waals surface area contributed by atoms with E-state index in [4.69, 9.17) is 0 Å². The quantitative estimate of drug-likeness (QED) is 0.584. The Hall–Kier alpha value is -0.482. The molecule has 0 radical (unpaired) electrons. The third-order valence-electron chi connectivity index (χ3n) is 0.964. The average molecular weight is 361 g/mol. The minimum Gasteiger partial charge on any atom is -0.362 e. The van der Waals surface area contributed by atoms with Crippen molar-refractivity contribution >= 4 is 12.2 Å². The van der Waals surface area contributed by atoms with Crippen molar-refractivity contribution in [2.24, 2.45) is 0 Å². The monoisotopic (exact) mass is 361 g/mol. The van der Waals surface area contributed by atoms with E-state index in [1.54, 1.807) is 0 Å². The molecule has 0 saturated heterocycles. The maximum absolute atomic E-state index is 11.8. The second-order valence-corrected chi connectivity index (χ2v) is 2.17. The van der Waals surface area contributed by atoms with E-state index in [0.717, 1.165) is 6.07 Å². The normalized spacial score (nSPS) is 8.83. The molecule has 0 aliphatic carbocycles. The van der Waals surface area contributed by atoms with Gasteiger partial charge in [-0.2, -0.15) is 0 Å². The number of H-pyrrole nitrogens is 2. The van der Waals surface area contributed by atoms with Gasteiger partial charge in [0.05, 0.1) is 0 Å². The molecule has 12 heavy (non-hydrogen) atoms. The molecular formula is C5H3F2N2OSW-. The third kappa shape index (κ3) is 2.87. The molecule has 0 aliphatic heterocycles. The second-order valence-electron chi connectivity index (χ2n) is 1.76. The minimum atomic E-state index is -1.96. The van der Waals surface area contributed by atoms with Crippen molar-refractivity contribution in [3.63, 3.8) is 0 Å². The number of aromatic amines is 2. The maximum atomic E-state index is 11.8. The standard InChI is InChI=1S/C5H3F2N2OS.W/c6-4(7)2-1-3(10)9-5(11)8-2;/h1H,(H2,8,9,10,11);/q-1;. The molecule has 1 aromatic heterocycles. The maximum Gasteiger partial charge on any atom is 0.173 e. The summed E-state index contributed by atoms with van der Waals surface area (Å²) < 4.78 is 23.5. The molecule has 66 valence electrons. The van der Waals surface area contributed by atoms with Crippen molar-refractivity contribution in [1.29, 1.82) is 0 Å². The van der Waals surface area contributed by atoms with Crippen molar-refractivity contribution in [3.05, 3.63) is 33.3 Å². The smallest absolute Gasteiger partial charge is 0.173 e. The summed E-state index contributed by atoms with van der Waals surface area (Å²) in [5.41, 5.74) is -1.18. The Balaban J connectivity index is 0.00000121. The first-order chi connectivity index (χ1) is 5.09. The first kappa shape index (κ1) is 11.5. The van der Waals surface area contributed by atoms with E-state index >= 15 is 0 Å². The number of nitrogens with one attached hydrogen (secondary N) is 2. The topological polar surface area (TPSA) is 48.6 Å². The van der Waals surface area contributed by atoms with Gasteiger partial charge in [0.25, 0.3) is 0 Å². The van der Waals surface area contributed by atoms with Crippen LogP contribution < -0.4 is 5.56 Å². The zero-order valence-corrected chi connectivity index (χ0v) is 9.31. The van der Waals surface area contributed by atoms with Gasteiger partial charge in [0, 0.05) is 21.1 Å². The van der Waals surface area contributed by atoms with E-state index in [9.17, 15) is 13.6 Å². The molecule has 0 unspecified atom stereocenters. The van der Waals surface area contributed by atoms with Crippen LogP contribution in [0.2, 0.25) is 0 Å². The van der Waals surface area contributed by atoms with Crippen LogP contribution in [0.25, 0.3) is 0 Å². The summed E-state index contributed by atoms with van der Waals surface area (Å²) in [6.07, 6.45) is -1.96. The molecule has 0 saturated carbocycles. The summed E-state index contributed by atoms with van der Waals surface area (Å²) in [5, 5.41) is 0. The first-order valence-electron chi connectivity index (χ1n) is 2.61. The van der Waals surface area contributed by atoms with Crippen LogP contribution in [0, 0.1) is 11.2 Å². The number of hydrogen-bond acceptors (Lipinski definition) is 2. The van der Waals surface area contributed by atoms with E-state index in [1.165, 1.54) is 0 Å². The van der Waals surface area contributed by atoms with Gasteiger partial charge >= 0.3 is 0 Å². The molecule has 0 fully saturated rings. The number of halogens is 2. The summed E-state index contributed by atoms with van der Waals surface area (Å²) in [5.74, 6) is 0. The molecule has 0 aromatic carbocycles. The summed E-state index contributed by atoms with van der Waals surface area (Å²) in [6.45, 7) is 0. The molecule has 7 heteroatoms. The molecule has 1 rings (SSSR count). The van der Waals surface area contributed by atoms with E-state index in [-0.39, 0.29) is 25.8 Å². The fourth-order valence-corrected chi connectivity index (χ4v) is 0.781. The van der Waals surface area contributed by atoms with Gasteiger partial charge in [-0.15, -0.1) is 6.07 Å². The Bertz CT molecular complexity index is 333. The van der Waals surface area contributed by atoms with Gasteiger partial charge in [-0.25, -0.2) is 0 Å². The molecule has 0 bridgehead atoms. The second kappa shape index (κ2) is 4.52. The van der Waals surface area contributed by atoms with Crippen LogP contribution in [0.4, 0.5) is 8.78 Å². The molecule has 2 N–H and O–H groups in total. The van der Waals surface area contributed by atoms with Crippen LogP contribution in [0.15, 0.2) is 10.9 Å². The Labute approximate surface area is 85.5 Å². The molecule has 0 spiro atoms. The molecule has 1 aromatic rings. The third-order valence-corrected chi connectivity index (χ3v) is 1.17. The zero-order chi connectivity index (χ0) is 8.43. The number of hydrogen-bond donors (Lipinski definition) is 2. The van der Waals surface area contributed by atoms with Gasteiger partial charge in [0.2, 0.25) is 0 Å². The minimum absolute atomic E-state index is 0. The summed E-state index contributed by atoms with van der Waals surface area (Å²) >= 11 is 4.45. The van der Waals surface area contributed by atoms with E-state index in [1.807, 2.05) is 0 Å². The molecular weight excluding hydrogens is 358 g/mol. The molecule has 3 nitrogen and oxygen atoms in total. The van der Waals surface area contributed by atoms with Crippen LogP contribution in [-0.4, -0.2) is 9.97 Å². The van der Waals surface area contributed by atoms with Crippen molar-refractivity contribution in [2.45, 2.75) is 0 Å². The molecule has 0 aliphatic rings. The summed E-state index contributed by atoms with van der Waals surface area (Å²) in [6, 6.07) is 0.741. The number of rotatable bonds is 1.